The van der Waals surface area contributed by atoms with Crippen LogP contribution in [0.4, 0.5) is 24.5 Å². The van der Waals surface area contributed by atoms with Gasteiger partial charge in [0.15, 0.2) is 5.11 Å². The first-order valence-electron chi connectivity index (χ1n) is 13.4. The van der Waals surface area contributed by atoms with Gasteiger partial charge in [-0.2, -0.15) is 13.2 Å². The molecule has 0 spiro atoms. The van der Waals surface area contributed by atoms with Gasteiger partial charge in [-0.05, 0) is 80.2 Å². The number of ether oxygens (including phenoxy) is 2. The Bertz CT molecular complexity index is 1660. The summed E-state index contributed by atoms with van der Waals surface area (Å²) in [6.45, 7) is 3.43. The van der Waals surface area contributed by atoms with Crippen molar-refractivity contribution in [2.24, 2.45) is 0 Å². The van der Waals surface area contributed by atoms with Gasteiger partial charge < -0.3 is 29.6 Å². The summed E-state index contributed by atoms with van der Waals surface area (Å²) in [7, 11) is 2.92. The monoisotopic (exact) mass is 609 g/mol. The van der Waals surface area contributed by atoms with Crippen molar-refractivity contribution >= 4 is 34.6 Å². The molecule has 2 aromatic heterocycles. The Kier molecular flexibility index (Phi) is 8.43. The average molecular weight is 610 g/mol. The Morgan fingerprint density at radius 2 is 1.81 bits per heavy atom. The van der Waals surface area contributed by atoms with Crippen LogP contribution in [0.1, 0.15) is 40.3 Å². The van der Waals surface area contributed by atoms with Crippen molar-refractivity contribution in [1.29, 1.82) is 0 Å². The molecule has 3 heterocycles. The van der Waals surface area contributed by atoms with E-state index in [4.69, 9.17) is 21.7 Å². The third-order valence-electron chi connectivity index (χ3n) is 7.35. The molecule has 4 aromatic rings. The lowest BCUT2D eigenvalue weighted by Crippen LogP contribution is -2.29. The molecular weight excluding hydrogens is 579 g/mol. The summed E-state index contributed by atoms with van der Waals surface area (Å²) in [6, 6.07) is 17.3. The third-order valence-corrected chi connectivity index (χ3v) is 7.66. The molecule has 1 aliphatic heterocycles. The molecule has 224 valence electrons. The summed E-state index contributed by atoms with van der Waals surface area (Å²) in [4.78, 5) is 18.8. The summed E-state index contributed by atoms with van der Waals surface area (Å²) in [5.74, 6) is 0.0703. The van der Waals surface area contributed by atoms with Gasteiger partial charge in [-0.1, -0.05) is 18.2 Å². The summed E-state index contributed by atoms with van der Waals surface area (Å²) in [5.41, 5.74) is 3.08. The van der Waals surface area contributed by atoms with Crippen LogP contribution in [0, 0.1) is 13.8 Å². The van der Waals surface area contributed by atoms with E-state index >= 15 is 0 Å². The van der Waals surface area contributed by atoms with Crippen LogP contribution in [0.25, 0.3) is 5.69 Å². The minimum absolute atomic E-state index is 0.0401. The lowest BCUT2D eigenvalue weighted by Gasteiger charge is -2.29. The number of rotatable bonds is 8. The van der Waals surface area contributed by atoms with E-state index in [1.54, 1.807) is 42.8 Å². The SMILES string of the molecule is COCC(=O)Nc1cc(N2C(=S)N[C@@H](c3ccccn3)[C@H]2c2cc(C)n(-c3ccccc3C(F)(F)F)c2C)ccc1OC. The summed E-state index contributed by atoms with van der Waals surface area (Å²) in [6.07, 6.45) is -2.86. The molecule has 0 aliphatic carbocycles. The Hall–Kier alpha value is -4.42. The number of pyridine rings is 1. The van der Waals surface area contributed by atoms with Gasteiger partial charge in [0, 0.05) is 30.4 Å². The Morgan fingerprint density at radius 3 is 2.49 bits per heavy atom. The highest BCUT2D eigenvalue weighted by molar-refractivity contribution is 7.80. The molecule has 0 bridgehead atoms. The maximum atomic E-state index is 14.1. The van der Waals surface area contributed by atoms with Crippen LogP contribution in [-0.4, -0.2) is 41.4 Å². The van der Waals surface area contributed by atoms with E-state index in [1.807, 2.05) is 35.2 Å². The average Bonchev–Trinajstić information content (AvgIpc) is 3.47. The standard InChI is InChI=1S/C31H30F3N5O3S/c1-18-15-21(19(2)38(18)25-11-6-5-9-22(25)31(32,33)34)29-28(23-10-7-8-14-35-23)37-30(43)39(29)20-12-13-26(42-4)24(16-20)36-27(40)17-41-3/h5-16,28-29H,17H2,1-4H3,(H,36,40)(H,37,43)/t28-,29+/m0/s1. The van der Waals surface area contributed by atoms with E-state index in [1.165, 1.54) is 26.4 Å². The number of nitrogens with one attached hydrogen (secondary N) is 2. The fourth-order valence-electron chi connectivity index (χ4n) is 5.58. The van der Waals surface area contributed by atoms with Gasteiger partial charge >= 0.3 is 6.18 Å². The predicted molar refractivity (Wildman–Crippen MR) is 162 cm³/mol. The molecule has 0 saturated carbocycles. The van der Waals surface area contributed by atoms with Gasteiger partial charge in [0.25, 0.3) is 0 Å². The number of anilines is 2. The number of hydrogen-bond acceptors (Lipinski definition) is 5. The number of para-hydroxylation sites is 1. The molecule has 8 nitrogen and oxygen atoms in total. The zero-order chi connectivity index (χ0) is 30.9. The minimum Gasteiger partial charge on any atom is -0.495 e. The zero-order valence-corrected chi connectivity index (χ0v) is 24.7. The Morgan fingerprint density at radius 1 is 1.07 bits per heavy atom. The maximum Gasteiger partial charge on any atom is 0.418 e. The van der Waals surface area contributed by atoms with Gasteiger partial charge in [0.05, 0.1) is 41.8 Å². The van der Waals surface area contributed by atoms with Gasteiger partial charge in [0.2, 0.25) is 5.91 Å². The second kappa shape index (κ2) is 12.1. The molecule has 12 heteroatoms. The first kappa shape index (κ1) is 30.1. The summed E-state index contributed by atoms with van der Waals surface area (Å²) >= 11 is 5.85. The number of methoxy groups -OCH3 is 2. The van der Waals surface area contributed by atoms with Gasteiger partial charge in [-0.25, -0.2) is 0 Å². The summed E-state index contributed by atoms with van der Waals surface area (Å²) in [5, 5.41) is 6.57. The molecule has 1 aliphatic rings. The minimum atomic E-state index is -4.54. The molecule has 0 radical (unpaired) electrons. The quantitative estimate of drug-likeness (QED) is 0.228. The Balaban J connectivity index is 1.68. The maximum absolute atomic E-state index is 14.1. The smallest absolute Gasteiger partial charge is 0.418 e. The number of alkyl halides is 3. The lowest BCUT2D eigenvalue weighted by atomic mass is 9.96. The molecule has 43 heavy (non-hydrogen) atoms. The largest absolute Gasteiger partial charge is 0.495 e. The van der Waals surface area contributed by atoms with Crippen LogP contribution < -0.4 is 20.3 Å². The molecule has 1 saturated heterocycles. The molecule has 5 rings (SSSR count). The molecule has 2 atom stereocenters. The number of carbonyl (C=O) groups excluding carboxylic acids is 1. The lowest BCUT2D eigenvalue weighted by molar-refractivity contribution is -0.137. The van der Waals surface area contributed by atoms with Crippen LogP contribution in [0.15, 0.2) is 72.9 Å². The topological polar surface area (TPSA) is 80.7 Å². The highest BCUT2D eigenvalue weighted by Gasteiger charge is 2.43. The first-order valence-corrected chi connectivity index (χ1v) is 13.8. The number of aryl methyl sites for hydroxylation is 1. The van der Waals surface area contributed by atoms with Crippen molar-refractivity contribution in [2.45, 2.75) is 32.1 Å². The zero-order valence-electron chi connectivity index (χ0n) is 23.9. The van der Waals surface area contributed by atoms with Crippen molar-refractivity contribution in [2.75, 3.05) is 31.0 Å². The van der Waals surface area contributed by atoms with E-state index in [0.29, 0.717) is 39.3 Å². The van der Waals surface area contributed by atoms with Gasteiger partial charge in [-0.3, -0.25) is 9.78 Å². The van der Waals surface area contributed by atoms with Crippen molar-refractivity contribution < 1.29 is 27.4 Å². The van der Waals surface area contributed by atoms with Crippen molar-refractivity contribution in [3.63, 3.8) is 0 Å². The van der Waals surface area contributed by atoms with E-state index in [-0.39, 0.29) is 18.2 Å². The van der Waals surface area contributed by atoms with Crippen molar-refractivity contribution in [3.8, 4) is 11.4 Å². The number of amides is 1. The molecule has 1 amide bonds. The number of halogens is 3. The van der Waals surface area contributed by atoms with Crippen LogP contribution in [0.2, 0.25) is 0 Å². The number of thiocarbonyl (C=S) groups is 1. The summed E-state index contributed by atoms with van der Waals surface area (Å²) < 4.78 is 54.2. The second-order valence-electron chi connectivity index (χ2n) is 10.0. The van der Waals surface area contributed by atoms with Crippen LogP contribution in [0.3, 0.4) is 0 Å². The first-order chi connectivity index (χ1) is 20.5. The van der Waals surface area contributed by atoms with E-state index in [0.717, 1.165) is 11.6 Å². The van der Waals surface area contributed by atoms with Gasteiger partial charge in [-0.15, -0.1) is 0 Å². The number of nitrogens with zero attached hydrogens (tertiary/aromatic N) is 3. The highest BCUT2D eigenvalue weighted by atomic mass is 32.1. The number of aromatic nitrogens is 2. The van der Waals surface area contributed by atoms with E-state index in [9.17, 15) is 18.0 Å². The van der Waals surface area contributed by atoms with Crippen molar-refractivity contribution in [1.82, 2.24) is 14.9 Å². The number of carbonyl (C=O) groups is 1. The Labute approximate surface area is 252 Å². The van der Waals surface area contributed by atoms with Crippen LogP contribution >= 0.6 is 12.2 Å². The predicted octanol–water partition coefficient (Wildman–Crippen LogP) is 6.28. The fourth-order valence-corrected chi connectivity index (χ4v) is 5.92. The van der Waals surface area contributed by atoms with E-state index in [2.05, 4.69) is 15.6 Å². The fraction of sp³-hybridized carbons (Fsp3) is 0.258. The number of benzene rings is 2. The molecule has 1 fully saturated rings. The third kappa shape index (κ3) is 5.80. The van der Waals surface area contributed by atoms with Crippen molar-refractivity contribution in [3.05, 3.63) is 101 Å². The molecule has 2 aromatic carbocycles. The van der Waals surface area contributed by atoms with Gasteiger partial charge in [0.1, 0.15) is 12.4 Å². The molecular formula is C31H30F3N5O3S. The second-order valence-corrected chi connectivity index (χ2v) is 10.4. The molecule has 2 N–H and O–H groups in total. The highest BCUT2D eigenvalue weighted by Crippen LogP contribution is 2.45. The number of hydrogen-bond donors (Lipinski definition) is 2. The van der Waals surface area contributed by atoms with E-state index < -0.39 is 23.8 Å². The van der Waals surface area contributed by atoms with Crippen LogP contribution in [0.5, 0.6) is 5.75 Å². The van der Waals surface area contributed by atoms with Crippen LogP contribution in [-0.2, 0) is 15.7 Å². The normalized spacial score (nSPS) is 16.7. The molecule has 0 unspecified atom stereocenters.